The van der Waals surface area contributed by atoms with Gasteiger partial charge in [-0.25, -0.2) is 4.79 Å². The van der Waals surface area contributed by atoms with Gasteiger partial charge < -0.3 is 10.1 Å². The highest BCUT2D eigenvalue weighted by Gasteiger charge is 2.38. The largest absolute Gasteiger partial charge is 0.444 e. The van der Waals surface area contributed by atoms with E-state index >= 15 is 0 Å². The Kier molecular flexibility index (Phi) is 5.94. The summed E-state index contributed by atoms with van der Waals surface area (Å²) in [6.45, 7) is 5.15. The Labute approximate surface area is 136 Å². The van der Waals surface area contributed by atoms with Crippen LogP contribution in [0.4, 0.5) is 23.7 Å². The molecule has 0 fully saturated rings. The lowest BCUT2D eigenvalue weighted by molar-refractivity contribution is -0.388. The molecule has 0 saturated carbocycles. The third-order valence-corrected chi connectivity index (χ3v) is 2.60. The minimum absolute atomic E-state index is 0.0593. The average molecular weight is 346 g/mol. The number of hydrogen-bond acceptors (Lipinski definition) is 4. The third-order valence-electron chi connectivity index (χ3n) is 2.60. The predicted molar refractivity (Wildman–Crippen MR) is 81.4 cm³/mol. The zero-order chi connectivity index (χ0) is 18.5. The van der Waals surface area contributed by atoms with Gasteiger partial charge >= 0.3 is 12.3 Å². The van der Waals surface area contributed by atoms with Crippen molar-refractivity contribution in [3.05, 3.63) is 45.5 Å². The summed E-state index contributed by atoms with van der Waals surface area (Å²) in [5.41, 5.74) is -2.77. The highest BCUT2D eigenvalue weighted by molar-refractivity contribution is 5.68. The van der Waals surface area contributed by atoms with Crippen LogP contribution in [0.5, 0.6) is 0 Å². The number of alkyl carbamates (subject to hydrolysis) is 1. The van der Waals surface area contributed by atoms with E-state index in [0.717, 1.165) is 12.1 Å². The van der Waals surface area contributed by atoms with Crippen LogP contribution in [0.25, 0.3) is 6.08 Å². The van der Waals surface area contributed by atoms with Crippen LogP contribution in [0.2, 0.25) is 0 Å². The number of nitro groups is 1. The number of alkyl halides is 3. The van der Waals surface area contributed by atoms with Crippen LogP contribution in [-0.4, -0.2) is 23.2 Å². The van der Waals surface area contributed by atoms with Crippen LogP contribution in [0, 0.1) is 10.1 Å². The Bertz CT molecular complexity index is 649. The first-order valence-electron chi connectivity index (χ1n) is 6.89. The molecule has 1 N–H and O–H groups in total. The molecule has 0 aliphatic heterocycles. The van der Waals surface area contributed by atoms with Crippen LogP contribution in [0.3, 0.4) is 0 Å². The van der Waals surface area contributed by atoms with E-state index in [1.54, 1.807) is 20.8 Å². The Morgan fingerprint density at radius 3 is 2.46 bits per heavy atom. The lowest BCUT2D eigenvalue weighted by Crippen LogP contribution is -2.32. The van der Waals surface area contributed by atoms with Crippen LogP contribution >= 0.6 is 0 Å². The molecule has 0 bridgehead atoms. The zero-order valence-corrected chi connectivity index (χ0v) is 13.3. The van der Waals surface area contributed by atoms with Crippen molar-refractivity contribution in [3.63, 3.8) is 0 Å². The summed E-state index contributed by atoms with van der Waals surface area (Å²) in [5.74, 6) is 0. The second kappa shape index (κ2) is 7.33. The van der Waals surface area contributed by atoms with Crippen molar-refractivity contribution in [2.45, 2.75) is 32.5 Å². The summed E-state index contributed by atoms with van der Waals surface area (Å²) in [7, 11) is 0. The minimum atomic E-state index is -4.80. The lowest BCUT2D eigenvalue weighted by atomic mass is 10.1. The van der Waals surface area contributed by atoms with Gasteiger partial charge in [-0.15, -0.1) is 0 Å². The Hall–Kier alpha value is -2.58. The molecular formula is C15H17F3N2O4. The van der Waals surface area contributed by atoms with Gasteiger partial charge in [0.1, 0.15) is 11.2 Å². The molecule has 24 heavy (non-hydrogen) atoms. The molecule has 0 aliphatic carbocycles. The second-order valence-electron chi connectivity index (χ2n) is 5.82. The van der Waals surface area contributed by atoms with E-state index in [4.69, 9.17) is 4.74 Å². The maximum Gasteiger partial charge on any atom is 0.422 e. The van der Waals surface area contributed by atoms with Crippen LogP contribution in [-0.2, 0) is 10.9 Å². The Morgan fingerprint density at radius 2 is 1.96 bits per heavy atom. The van der Waals surface area contributed by atoms with Gasteiger partial charge in [-0.2, -0.15) is 13.2 Å². The number of rotatable bonds is 4. The van der Waals surface area contributed by atoms with E-state index in [9.17, 15) is 28.1 Å². The van der Waals surface area contributed by atoms with Gasteiger partial charge in [-0.1, -0.05) is 18.2 Å². The van der Waals surface area contributed by atoms with Gasteiger partial charge in [0.2, 0.25) is 0 Å². The number of amides is 1. The third kappa shape index (κ3) is 6.27. The summed E-state index contributed by atoms with van der Waals surface area (Å²) in [6.07, 6.45) is -2.64. The monoisotopic (exact) mass is 346 g/mol. The predicted octanol–water partition coefficient (Wildman–Crippen LogP) is 4.15. The molecule has 0 aromatic heterocycles. The van der Waals surface area contributed by atoms with E-state index in [1.807, 2.05) is 0 Å². The molecule has 1 aromatic carbocycles. The van der Waals surface area contributed by atoms with E-state index in [2.05, 4.69) is 5.32 Å². The quantitative estimate of drug-likeness (QED) is 0.656. The molecule has 0 saturated heterocycles. The lowest BCUT2D eigenvalue weighted by Gasteiger charge is -2.19. The van der Waals surface area contributed by atoms with Gasteiger partial charge in [0.05, 0.1) is 4.92 Å². The van der Waals surface area contributed by atoms with Gasteiger partial charge in [-0.3, -0.25) is 10.1 Å². The van der Waals surface area contributed by atoms with Gasteiger partial charge in [0, 0.05) is 12.6 Å². The molecule has 0 heterocycles. The van der Waals surface area contributed by atoms with Crippen molar-refractivity contribution >= 4 is 17.9 Å². The fraction of sp³-hybridized carbons (Fsp3) is 0.400. The van der Waals surface area contributed by atoms with Gasteiger partial charge in [0.25, 0.3) is 5.69 Å². The van der Waals surface area contributed by atoms with E-state index in [0.29, 0.717) is 6.07 Å². The first-order chi connectivity index (χ1) is 10.9. The minimum Gasteiger partial charge on any atom is -0.444 e. The van der Waals surface area contributed by atoms with Crippen molar-refractivity contribution in [3.8, 4) is 0 Å². The first-order valence-corrected chi connectivity index (χ1v) is 6.89. The number of nitrogens with zero attached hydrogens (tertiary/aromatic N) is 1. The van der Waals surface area contributed by atoms with Crippen molar-refractivity contribution < 1.29 is 27.6 Å². The maximum absolute atomic E-state index is 12.7. The molecule has 0 unspecified atom stereocenters. The van der Waals surface area contributed by atoms with Crippen LogP contribution in [0.15, 0.2) is 24.3 Å². The number of carbonyl (C=O) groups is 1. The smallest absolute Gasteiger partial charge is 0.422 e. The number of ether oxygens (including phenoxy) is 1. The molecule has 0 spiro atoms. The van der Waals surface area contributed by atoms with Gasteiger partial charge in [-0.05, 0) is 32.4 Å². The summed E-state index contributed by atoms with van der Waals surface area (Å²) >= 11 is 0. The molecule has 0 radical (unpaired) electrons. The van der Waals surface area contributed by atoms with Gasteiger partial charge in [0.15, 0.2) is 0 Å². The molecule has 1 aromatic rings. The average Bonchev–Trinajstić information content (AvgIpc) is 2.40. The van der Waals surface area contributed by atoms with Crippen molar-refractivity contribution in [2.24, 2.45) is 0 Å². The molecule has 9 heteroatoms. The standard InChI is InChI=1S/C15H17F3N2O4/c1-14(2,3)24-13(21)19-8-4-5-10-6-7-11(15(16,17)18)12(9-10)20(22)23/h4-7,9H,8H2,1-3H3,(H,19,21). The van der Waals surface area contributed by atoms with Crippen molar-refractivity contribution in [2.75, 3.05) is 6.54 Å². The zero-order valence-electron chi connectivity index (χ0n) is 13.3. The van der Waals surface area contributed by atoms with Crippen molar-refractivity contribution in [1.82, 2.24) is 5.32 Å². The number of carbonyl (C=O) groups excluding carboxylic acids is 1. The number of nitrogens with one attached hydrogen (secondary N) is 1. The van der Waals surface area contributed by atoms with E-state index in [-0.39, 0.29) is 12.1 Å². The first kappa shape index (κ1) is 19.5. The summed E-state index contributed by atoms with van der Waals surface area (Å²) in [6, 6.07) is 2.59. The molecule has 1 rings (SSSR count). The highest BCUT2D eigenvalue weighted by Crippen LogP contribution is 2.36. The normalized spacial score (nSPS) is 12.2. The SMILES string of the molecule is CC(C)(C)OC(=O)NCC=Cc1ccc(C(F)(F)F)c([N+](=O)[O-])c1. The Balaban J connectivity index is 2.77. The van der Waals surface area contributed by atoms with E-state index in [1.165, 1.54) is 12.2 Å². The number of benzene rings is 1. The number of halogens is 3. The molecule has 132 valence electrons. The highest BCUT2D eigenvalue weighted by atomic mass is 19.4. The molecule has 1 amide bonds. The molecular weight excluding hydrogens is 329 g/mol. The van der Waals surface area contributed by atoms with Crippen LogP contribution < -0.4 is 5.32 Å². The fourth-order valence-electron chi connectivity index (χ4n) is 1.69. The Morgan fingerprint density at radius 1 is 1.33 bits per heavy atom. The summed E-state index contributed by atoms with van der Waals surface area (Å²) in [4.78, 5) is 21.1. The van der Waals surface area contributed by atoms with Crippen molar-refractivity contribution in [1.29, 1.82) is 0 Å². The molecule has 0 aliphatic rings. The fourth-order valence-corrected chi connectivity index (χ4v) is 1.69. The second-order valence-corrected chi connectivity index (χ2v) is 5.82. The molecule has 0 atom stereocenters. The molecule has 6 nitrogen and oxygen atoms in total. The maximum atomic E-state index is 12.7. The summed E-state index contributed by atoms with van der Waals surface area (Å²) in [5, 5.41) is 13.2. The summed E-state index contributed by atoms with van der Waals surface area (Å²) < 4.78 is 43.1. The number of nitro benzene ring substituents is 1. The van der Waals surface area contributed by atoms with E-state index < -0.39 is 34.0 Å². The van der Waals surface area contributed by atoms with Crippen LogP contribution in [0.1, 0.15) is 31.9 Å². The topological polar surface area (TPSA) is 81.5 Å². The number of hydrogen-bond donors (Lipinski definition) is 1.